The van der Waals surface area contributed by atoms with Crippen LogP contribution in [0.1, 0.15) is 27.2 Å². The van der Waals surface area contributed by atoms with Crippen molar-refractivity contribution in [3.8, 4) is 0 Å². The van der Waals surface area contributed by atoms with Gasteiger partial charge in [-0.1, -0.05) is 13.8 Å². The minimum Gasteiger partial charge on any atom is -0.466 e. The number of carbonyl (C=O) groups excluding carboxylic acids is 1. The smallest absolute Gasteiger partial charge is 0.306 e. The van der Waals surface area contributed by atoms with Gasteiger partial charge < -0.3 is 4.74 Å². The van der Waals surface area contributed by atoms with Gasteiger partial charge in [-0.05, 0) is 19.3 Å². The molecule has 0 aliphatic rings. The van der Waals surface area contributed by atoms with Gasteiger partial charge in [0, 0.05) is 6.42 Å². The minimum atomic E-state index is -0.129. The third kappa shape index (κ3) is 5.60. The molecule has 0 N–H and O–H groups in total. The molecule has 0 atom stereocenters. The molecule has 59 valence electrons. The predicted molar refractivity (Wildman–Crippen MR) is 40.4 cm³/mol. The molecule has 1 radical (unpaired) electrons. The first-order valence-corrected chi connectivity index (χ1v) is 3.65. The lowest BCUT2D eigenvalue weighted by molar-refractivity contribution is -0.142. The van der Waals surface area contributed by atoms with Crippen molar-refractivity contribution in [1.82, 2.24) is 0 Å². The number of rotatable bonds is 4. The highest BCUT2D eigenvalue weighted by Gasteiger charge is 2.02. The van der Waals surface area contributed by atoms with Gasteiger partial charge in [0.1, 0.15) is 0 Å². The van der Waals surface area contributed by atoms with Crippen LogP contribution < -0.4 is 0 Å². The van der Waals surface area contributed by atoms with Crippen LogP contribution in [-0.2, 0) is 9.53 Å². The van der Waals surface area contributed by atoms with E-state index in [0.717, 1.165) is 0 Å². The van der Waals surface area contributed by atoms with Gasteiger partial charge in [-0.3, -0.25) is 4.79 Å². The summed E-state index contributed by atoms with van der Waals surface area (Å²) < 4.78 is 4.72. The Bertz CT molecular complexity index is 97.4. The molecule has 0 aromatic heterocycles. The first-order chi connectivity index (χ1) is 4.66. The maximum atomic E-state index is 10.7. The van der Waals surface area contributed by atoms with Crippen molar-refractivity contribution in [3.05, 3.63) is 6.42 Å². The summed E-state index contributed by atoms with van der Waals surface area (Å²) in [5, 5.41) is 0. The highest BCUT2D eigenvalue weighted by atomic mass is 16.5. The molecule has 10 heavy (non-hydrogen) atoms. The number of hydrogen-bond donors (Lipinski definition) is 0. The van der Waals surface area contributed by atoms with Crippen molar-refractivity contribution >= 4 is 5.97 Å². The molecule has 0 fully saturated rings. The fraction of sp³-hybridized carbons (Fsp3) is 0.750. The van der Waals surface area contributed by atoms with Crippen LogP contribution in [0.15, 0.2) is 0 Å². The zero-order valence-electron chi connectivity index (χ0n) is 6.89. The summed E-state index contributed by atoms with van der Waals surface area (Å²) in [5.41, 5.74) is 0. The third-order valence-corrected chi connectivity index (χ3v) is 1.06. The van der Waals surface area contributed by atoms with Crippen LogP contribution in [0.4, 0.5) is 0 Å². The van der Waals surface area contributed by atoms with Gasteiger partial charge in [-0.15, -0.1) is 0 Å². The first-order valence-electron chi connectivity index (χ1n) is 3.65. The van der Waals surface area contributed by atoms with Crippen LogP contribution in [0, 0.1) is 12.3 Å². The van der Waals surface area contributed by atoms with E-state index < -0.39 is 0 Å². The summed E-state index contributed by atoms with van der Waals surface area (Å²) in [6.45, 7) is 6.37. The van der Waals surface area contributed by atoms with E-state index in [1.807, 2.05) is 27.2 Å². The van der Waals surface area contributed by atoms with E-state index in [4.69, 9.17) is 4.74 Å². The number of hydrogen-bond acceptors (Lipinski definition) is 2. The van der Waals surface area contributed by atoms with Crippen LogP contribution >= 0.6 is 0 Å². The second kappa shape index (κ2) is 5.27. The van der Waals surface area contributed by atoms with Crippen LogP contribution in [0.5, 0.6) is 0 Å². The molecule has 0 aliphatic heterocycles. The molecule has 0 aromatic carbocycles. The summed E-state index contributed by atoms with van der Waals surface area (Å²) in [6.07, 6.45) is 2.38. The van der Waals surface area contributed by atoms with E-state index in [1.165, 1.54) is 0 Å². The highest BCUT2D eigenvalue weighted by Crippen LogP contribution is 2.02. The van der Waals surface area contributed by atoms with Crippen molar-refractivity contribution < 1.29 is 9.53 Å². The summed E-state index contributed by atoms with van der Waals surface area (Å²) in [7, 11) is 0. The Labute approximate surface area is 62.6 Å². The summed E-state index contributed by atoms with van der Waals surface area (Å²) >= 11 is 0. The van der Waals surface area contributed by atoms with Crippen molar-refractivity contribution in [2.45, 2.75) is 27.2 Å². The van der Waals surface area contributed by atoms with Crippen LogP contribution in [0.2, 0.25) is 0 Å². The summed E-state index contributed by atoms with van der Waals surface area (Å²) in [6, 6.07) is 0. The van der Waals surface area contributed by atoms with E-state index in [9.17, 15) is 4.79 Å². The molecule has 0 heterocycles. The van der Waals surface area contributed by atoms with E-state index >= 15 is 0 Å². The molecule has 0 aromatic rings. The lowest BCUT2D eigenvalue weighted by Gasteiger charge is -2.02. The number of ether oxygens (including phenoxy) is 1. The Hall–Kier alpha value is -0.530. The van der Waals surface area contributed by atoms with Gasteiger partial charge in [0.2, 0.25) is 0 Å². The van der Waals surface area contributed by atoms with E-state index in [-0.39, 0.29) is 5.97 Å². The molecule has 0 saturated carbocycles. The average molecular weight is 143 g/mol. The van der Waals surface area contributed by atoms with Crippen LogP contribution in [0.3, 0.4) is 0 Å². The third-order valence-electron chi connectivity index (χ3n) is 1.06. The summed E-state index contributed by atoms with van der Waals surface area (Å²) in [5.74, 6) is 0.334. The Morgan fingerprint density at radius 3 is 2.60 bits per heavy atom. The van der Waals surface area contributed by atoms with E-state index in [2.05, 4.69) is 0 Å². The fourth-order valence-electron chi connectivity index (χ4n) is 0.552. The number of esters is 1. The topological polar surface area (TPSA) is 26.3 Å². The van der Waals surface area contributed by atoms with Crippen molar-refractivity contribution in [2.75, 3.05) is 6.61 Å². The normalized spacial score (nSPS) is 10.0. The lowest BCUT2D eigenvalue weighted by Crippen LogP contribution is -2.05. The van der Waals surface area contributed by atoms with Crippen LogP contribution in [-0.4, -0.2) is 12.6 Å². The second-order valence-electron chi connectivity index (χ2n) is 2.49. The predicted octanol–water partition coefficient (Wildman–Crippen LogP) is 1.80. The standard InChI is InChI=1S/C8H15O2/c1-4-10-8(9)6-5-7(2)3/h5,7H,4,6H2,1-3H3. The van der Waals surface area contributed by atoms with Gasteiger partial charge in [0.25, 0.3) is 0 Å². The first kappa shape index (κ1) is 9.47. The molecule has 0 aliphatic carbocycles. The van der Waals surface area contributed by atoms with Crippen molar-refractivity contribution in [2.24, 2.45) is 5.92 Å². The van der Waals surface area contributed by atoms with Crippen molar-refractivity contribution in [1.29, 1.82) is 0 Å². The Morgan fingerprint density at radius 2 is 2.20 bits per heavy atom. The van der Waals surface area contributed by atoms with E-state index in [0.29, 0.717) is 18.9 Å². The fourth-order valence-corrected chi connectivity index (χ4v) is 0.552. The summed E-state index contributed by atoms with van der Waals surface area (Å²) in [4.78, 5) is 10.7. The molecular formula is C8H15O2. The van der Waals surface area contributed by atoms with Gasteiger partial charge in [0.05, 0.1) is 6.61 Å². The molecule has 0 amide bonds. The van der Waals surface area contributed by atoms with Gasteiger partial charge in [-0.25, -0.2) is 0 Å². The minimum absolute atomic E-state index is 0.129. The Kier molecular flexibility index (Phi) is 4.99. The number of carbonyl (C=O) groups is 1. The molecule has 0 bridgehead atoms. The Balaban J connectivity index is 3.22. The molecular weight excluding hydrogens is 128 g/mol. The average Bonchev–Trinajstić information content (AvgIpc) is 1.85. The molecule has 0 rings (SSSR count). The SMILES string of the molecule is CCOC(=O)C[CH]C(C)C. The highest BCUT2D eigenvalue weighted by molar-refractivity contribution is 5.70. The van der Waals surface area contributed by atoms with Gasteiger partial charge in [0.15, 0.2) is 0 Å². The van der Waals surface area contributed by atoms with Crippen molar-refractivity contribution in [3.63, 3.8) is 0 Å². The van der Waals surface area contributed by atoms with Gasteiger partial charge in [-0.2, -0.15) is 0 Å². The zero-order chi connectivity index (χ0) is 7.98. The molecule has 2 nitrogen and oxygen atoms in total. The van der Waals surface area contributed by atoms with Crippen LogP contribution in [0.25, 0.3) is 0 Å². The maximum Gasteiger partial charge on any atom is 0.306 e. The zero-order valence-corrected chi connectivity index (χ0v) is 6.89. The van der Waals surface area contributed by atoms with E-state index in [1.54, 1.807) is 0 Å². The van der Waals surface area contributed by atoms with Gasteiger partial charge >= 0.3 is 5.97 Å². The molecule has 2 heteroatoms. The molecule has 0 unspecified atom stereocenters. The lowest BCUT2D eigenvalue weighted by atomic mass is 10.1. The molecule has 0 spiro atoms. The second-order valence-corrected chi connectivity index (χ2v) is 2.49. The largest absolute Gasteiger partial charge is 0.466 e. The maximum absolute atomic E-state index is 10.7. The quantitative estimate of drug-likeness (QED) is 0.561. The Morgan fingerprint density at radius 1 is 1.60 bits per heavy atom. The molecule has 0 saturated heterocycles. The monoisotopic (exact) mass is 143 g/mol.